The van der Waals surface area contributed by atoms with Crippen LogP contribution in [0.15, 0.2) is 0 Å². The van der Waals surface area contributed by atoms with E-state index in [-0.39, 0.29) is 18.9 Å². The maximum atomic E-state index is 10.7. The lowest BCUT2D eigenvalue weighted by Gasteiger charge is -2.11. The zero-order valence-electron chi connectivity index (χ0n) is 5.91. The standard InChI is InChI=1S/C6H10N2O3/c7-6(11)3-1-5(10)8-4(3)2-9/h3-4,9H,1-2H2,(H2,7,11)(H,8,10)/t3-,4+/m0/s1. The van der Waals surface area contributed by atoms with Crippen molar-refractivity contribution in [3.05, 3.63) is 0 Å². The minimum Gasteiger partial charge on any atom is -0.394 e. The maximum Gasteiger partial charge on any atom is 0.223 e. The van der Waals surface area contributed by atoms with Crippen molar-refractivity contribution in [3.8, 4) is 0 Å². The van der Waals surface area contributed by atoms with Gasteiger partial charge in [0.15, 0.2) is 0 Å². The van der Waals surface area contributed by atoms with Gasteiger partial charge in [-0.25, -0.2) is 0 Å². The molecule has 0 spiro atoms. The molecule has 1 fully saturated rings. The van der Waals surface area contributed by atoms with Crippen molar-refractivity contribution in [2.75, 3.05) is 6.61 Å². The highest BCUT2D eigenvalue weighted by Crippen LogP contribution is 2.15. The zero-order valence-corrected chi connectivity index (χ0v) is 5.91. The summed E-state index contributed by atoms with van der Waals surface area (Å²) in [6.45, 7) is -0.237. The van der Waals surface area contributed by atoms with Crippen LogP contribution in [-0.2, 0) is 9.59 Å². The molecule has 0 radical (unpaired) electrons. The quantitative estimate of drug-likeness (QED) is 0.432. The van der Waals surface area contributed by atoms with Gasteiger partial charge in [-0.3, -0.25) is 9.59 Å². The second-order valence-corrected chi connectivity index (χ2v) is 2.57. The molecule has 0 aromatic rings. The smallest absolute Gasteiger partial charge is 0.223 e. The molecule has 2 amide bonds. The summed E-state index contributed by atoms with van der Waals surface area (Å²) in [4.78, 5) is 21.3. The number of carbonyl (C=O) groups excluding carboxylic acids is 2. The van der Waals surface area contributed by atoms with Gasteiger partial charge in [0.2, 0.25) is 11.8 Å². The van der Waals surface area contributed by atoms with Crippen LogP contribution in [0.5, 0.6) is 0 Å². The fourth-order valence-corrected chi connectivity index (χ4v) is 1.18. The Morgan fingerprint density at radius 2 is 2.45 bits per heavy atom. The molecule has 62 valence electrons. The Bertz CT molecular complexity index is 192. The van der Waals surface area contributed by atoms with Crippen LogP contribution in [0.4, 0.5) is 0 Å². The summed E-state index contributed by atoms with van der Waals surface area (Å²) in [5.41, 5.74) is 4.98. The van der Waals surface area contributed by atoms with Gasteiger partial charge in [0.05, 0.1) is 18.6 Å². The lowest BCUT2D eigenvalue weighted by molar-refractivity contribution is -0.124. The van der Waals surface area contributed by atoms with Crippen LogP contribution in [0.3, 0.4) is 0 Å². The van der Waals surface area contributed by atoms with E-state index >= 15 is 0 Å². The SMILES string of the molecule is NC(=O)[C@H]1CC(=O)N[C@@H]1CO. The van der Waals surface area contributed by atoms with Crippen molar-refractivity contribution in [2.45, 2.75) is 12.5 Å². The fraction of sp³-hybridized carbons (Fsp3) is 0.667. The Labute approximate surface area is 63.6 Å². The monoisotopic (exact) mass is 158 g/mol. The Balaban J connectivity index is 2.64. The molecule has 5 nitrogen and oxygen atoms in total. The van der Waals surface area contributed by atoms with Crippen molar-refractivity contribution in [1.82, 2.24) is 5.32 Å². The van der Waals surface area contributed by atoms with Gasteiger partial charge in [0.1, 0.15) is 0 Å². The highest BCUT2D eigenvalue weighted by molar-refractivity contribution is 5.89. The third kappa shape index (κ3) is 1.48. The number of aliphatic hydroxyl groups is 1. The molecular formula is C6H10N2O3. The van der Waals surface area contributed by atoms with Crippen LogP contribution in [0.2, 0.25) is 0 Å². The zero-order chi connectivity index (χ0) is 8.43. The lowest BCUT2D eigenvalue weighted by atomic mass is 10.0. The number of hydrogen-bond acceptors (Lipinski definition) is 3. The summed E-state index contributed by atoms with van der Waals surface area (Å²) in [5.74, 6) is -1.32. The van der Waals surface area contributed by atoms with E-state index in [4.69, 9.17) is 10.8 Å². The molecule has 1 aliphatic rings. The minimum absolute atomic E-state index is 0.0978. The van der Waals surface area contributed by atoms with Crippen LogP contribution in [0.1, 0.15) is 6.42 Å². The van der Waals surface area contributed by atoms with Crippen molar-refractivity contribution >= 4 is 11.8 Å². The summed E-state index contributed by atoms with van der Waals surface area (Å²) in [7, 11) is 0. The van der Waals surface area contributed by atoms with Gasteiger partial charge in [-0.15, -0.1) is 0 Å². The molecule has 0 aromatic heterocycles. The number of rotatable bonds is 2. The topological polar surface area (TPSA) is 92.4 Å². The van der Waals surface area contributed by atoms with Gasteiger partial charge >= 0.3 is 0 Å². The van der Waals surface area contributed by atoms with Crippen LogP contribution in [-0.4, -0.2) is 29.6 Å². The number of carbonyl (C=O) groups is 2. The average molecular weight is 158 g/mol. The van der Waals surface area contributed by atoms with E-state index in [0.29, 0.717) is 0 Å². The third-order valence-electron chi connectivity index (χ3n) is 1.80. The van der Waals surface area contributed by atoms with Crippen LogP contribution >= 0.6 is 0 Å². The number of aliphatic hydroxyl groups excluding tert-OH is 1. The molecule has 11 heavy (non-hydrogen) atoms. The van der Waals surface area contributed by atoms with Gasteiger partial charge in [-0.2, -0.15) is 0 Å². The Morgan fingerprint density at radius 1 is 1.82 bits per heavy atom. The number of nitrogens with one attached hydrogen (secondary N) is 1. The molecule has 0 saturated carbocycles. The Hall–Kier alpha value is -1.10. The lowest BCUT2D eigenvalue weighted by Crippen LogP contribution is -2.38. The van der Waals surface area contributed by atoms with Gasteiger partial charge < -0.3 is 16.2 Å². The van der Waals surface area contributed by atoms with Crippen molar-refractivity contribution < 1.29 is 14.7 Å². The molecule has 0 unspecified atom stereocenters. The average Bonchev–Trinajstić information content (AvgIpc) is 2.30. The van der Waals surface area contributed by atoms with Gasteiger partial charge in [0.25, 0.3) is 0 Å². The Morgan fingerprint density at radius 3 is 2.82 bits per heavy atom. The first kappa shape index (κ1) is 8.00. The summed E-state index contributed by atoms with van der Waals surface area (Å²) >= 11 is 0. The number of primary amides is 1. The maximum absolute atomic E-state index is 10.7. The van der Waals surface area contributed by atoms with E-state index in [1.54, 1.807) is 0 Å². The Kier molecular flexibility index (Phi) is 2.09. The number of nitrogens with two attached hydrogens (primary N) is 1. The fourth-order valence-electron chi connectivity index (χ4n) is 1.18. The molecule has 1 aliphatic heterocycles. The summed E-state index contributed by atoms with van der Waals surface area (Å²) < 4.78 is 0. The van der Waals surface area contributed by atoms with E-state index in [0.717, 1.165) is 0 Å². The van der Waals surface area contributed by atoms with Crippen molar-refractivity contribution in [2.24, 2.45) is 11.7 Å². The van der Waals surface area contributed by atoms with Crippen LogP contribution in [0, 0.1) is 5.92 Å². The summed E-state index contributed by atoms with van der Waals surface area (Å²) in [5, 5.41) is 11.1. The molecule has 1 heterocycles. The van der Waals surface area contributed by atoms with Crippen molar-refractivity contribution in [3.63, 3.8) is 0 Å². The van der Waals surface area contributed by atoms with Gasteiger partial charge in [-0.05, 0) is 0 Å². The largest absolute Gasteiger partial charge is 0.394 e. The molecule has 0 aliphatic carbocycles. The summed E-state index contributed by atoms with van der Waals surface area (Å²) in [6, 6.07) is -0.486. The highest BCUT2D eigenvalue weighted by Gasteiger charge is 2.35. The van der Waals surface area contributed by atoms with E-state index < -0.39 is 17.9 Å². The third-order valence-corrected chi connectivity index (χ3v) is 1.80. The van der Waals surface area contributed by atoms with E-state index in [2.05, 4.69) is 5.32 Å². The van der Waals surface area contributed by atoms with Gasteiger partial charge in [0, 0.05) is 6.42 Å². The molecule has 5 heteroatoms. The summed E-state index contributed by atoms with van der Waals surface area (Å²) in [6.07, 6.45) is 0.0978. The normalized spacial score (nSPS) is 30.1. The molecule has 1 rings (SSSR count). The molecule has 0 aromatic carbocycles. The van der Waals surface area contributed by atoms with Crippen molar-refractivity contribution in [1.29, 1.82) is 0 Å². The molecule has 2 atom stereocenters. The second-order valence-electron chi connectivity index (χ2n) is 2.57. The predicted molar refractivity (Wildman–Crippen MR) is 36.3 cm³/mol. The first-order valence-electron chi connectivity index (χ1n) is 3.34. The van der Waals surface area contributed by atoms with E-state index in [9.17, 15) is 9.59 Å². The van der Waals surface area contributed by atoms with E-state index in [1.165, 1.54) is 0 Å². The first-order valence-corrected chi connectivity index (χ1v) is 3.34. The molecular weight excluding hydrogens is 148 g/mol. The van der Waals surface area contributed by atoms with Crippen LogP contribution in [0.25, 0.3) is 0 Å². The molecule has 1 saturated heterocycles. The predicted octanol–water partition coefficient (Wildman–Crippen LogP) is -2.03. The molecule has 4 N–H and O–H groups in total. The van der Waals surface area contributed by atoms with Crippen LogP contribution < -0.4 is 11.1 Å². The van der Waals surface area contributed by atoms with E-state index in [1.807, 2.05) is 0 Å². The number of hydrogen-bond donors (Lipinski definition) is 3. The molecule has 0 bridgehead atoms. The number of amides is 2. The van der Waals surface area contributed by atoms with Gasteiger partial charge in [-0.1, -0.05) is 0 Å². The first-order chi connectivity index (χ1) is 5.15. The highest BCUT2D eigenvalue weighted by atomic mass is 16.3. The second kappa shape index (κ2) is 2.87. The minimum atomic E-state index is -0.549.